The third-order valence-corrected chi connectivity index (χ3v) is 31.0. The zero-order valence-electron chi connectivity index (χ0n) is 73.2. The number of ether oxygens (including phenoxy) is 18. The molecule has 8 aliphatic heterocycles. The number of methoxy groups -OCH3 is 1. The Bertz CT molecular complexity index is 4000. The number of carbonyl (C=O) groups is 2. The van der Waals surface area contributed by atoms with Crippen LogP contribution in [0.4, 0.5) is 0 Å². The largest absolute Gasteiger partial charge is 0.504 e. The molecule has 47 atom stereocenters. The molecule has 0 aromatic heterocycles. The molecule has 12 fully saturated rings. The van der Waals surface area contributed by atoms with E-state index in [-0.39, 0.29) is 41.3 Å². The van der Waals surface area contributed by atoms with Crippen molar-refractivity contribution < 1.29 is 212 Å². The van der Waals surface area contributed by atoms with Crippen molar-refractivity contribution in [1.29, 1.82) is 0 Å². The smallest absolute Gasteiger partial charge is 0.331 e. The Morgan fingerprint density at radius 3 is 1.68 bits per heavy atom. The van der Waals surface area contributed by atoms with E-state index < -0.39 is 318 Å². The SMILES string of the molecule is COc1ccc(/C=C/C(=O)O[C@H]2[C@H](O[C@H]3[C@H](O)[C@@H](O)[C@H](O[C@@H]4CO[C@@H](O[C@@H]5[C@@H](O)[C@H](C)O[C@@H](O[C@H]6[C@H](OC7CC[C@@]8(C)C(CC[C@]9(C)[C@@H]8CC=C8[C@@H]%10CC(C)(C)CC[C@]%10(C(=O)O[C@@H]%10O[C@H](CO[C@@H]%11O[C@H](CO)[C@@H](O[C@@H]%12O[C@@H](C)[C@H](O)[C@@H](O)[C@H]%12O)[C@H](O)[C@H]%11O)[C@@H](O)[C@H](O)[C@H]%10O)CC[C@]89C)[C@]7(C)CO)OC[C@H](O)[C@@H]6O)[C@@H]5O)[C@H](O)[C@@H]4O)O[C@@H]3CO)O[C@H](CO)[C@@H](O)[C@@H]2O)cc1O. The van der Waals surface area contributed by atoms with E-state index in [0.29, 0.717) is 69.8 Å². The first-order valence-corrected chi connectivity index (χ1v) is 44.4. The molecule has 0 radical (unpaired) electrons. The molecule has 1 aromatic rings. The average molecular weight is 1850 g/mol. The van der Waals surface area contributed by atoms with Crippen LogP contribution in [0.15, 0.2) is 35.9 Å². The van der Waals surface area contributed by atoms with Crippen LogP contribution in [0.3, 0.4) is 0 Å². The van der Waals surface area contributed by atoms with E-state index in [0.717, 1.165) is 11.6 Å². The highest BCUT2D eigenvalue weighted by Gasteiger charge is 2.72. The number of fused-ring (bicyclic) bond motifs is 7. The summed E-state index contributed by atoms with van der Waals surface area (Å²) in [5.74, 6) is -2.51. The molecular formula is C86H132O43. The van der Waals surface area contributed by atoms with Gasteiger partial charge in [-0.2, -0.15) is 0 Å². The number of esters is 2. The number of aliphatic hydroxyl groups excluding tert-OH is 22. The maximum Gasteiger partial charge on any atom is 0.331 e. The predicted molar refractivity (Wildman–Crippen MR) is 427 cm³/mol. The second-order valence-corrected chi connectivity index (χ2v) is 39.1. The quantitative estimate of drug-likeness (QED) is 0.0187. The minimum absolute atomic E-state index is 0.000731. The van der Waals surface area contributed by atoms with E-state index in [9.17, 15) is 122 Å². The van der Waals surface area contributed by atoms with Gasteiger partial charge in [-0.15, -0.1) is 0 Å². The fourth-order valence-corrected chi connectivity index (χ4v) is 22.9. The monoisotopic (exact) mass is 1850 g/mol. The molecule has 734 valence electrons. The summed E-state index contributed by atoms with van der Waals surface area (Å²) in [5.41, 5.74) is -2.39. The van der Waals surface area contributed by atoms with E-state index in [4.69, 9.17) is 85.3 Å². The normalized spacial score (nSPS) is 50.7. The Balaban J connectivity index is 0.600. The zero-order chi connectivity index (χ0) is 93.7. The maximum absolute atomic E-state index is 15.5. The molecular weight excluding hydrogens is 1720 g/mol. The zero-order valence-corrected chi connectivity index (χ0v) is 73.2. The van der Waals surface area contributed by atoms with Crippen molar-refractivity contribution in [2.75, 3.05) is 53.4 Å². The van der Waals surface area contributed by atoms with Crippen molar-refractivity contribution in [1.82, 2.24) is 0 Å². The number of hydrogen-bond acceptors (Lipinski definition) is 43. The summed E-state index contributed by atoms with van der Waals surface area (Å²) in [6, 6.07) is 4.19. The van der Waals surface area contributed by atoms with Gasteiger partial charge in [0.05, 0.1) is 77.1 Å². The van der Waals surface area contributed by atoms with E-state index >= 15 is 4.79 Å². The summed E-state index contributed by atoms with van der Waals surface area (Å²) < 4.78 is 106. The highest BCUT2D eigenvalue weighted by atomic mass is 16.8. The van der Waals surface area contributed by atoms with Gasteiger partial charge in [0.1, 0.15) is 165 Å². The van der Waals surface area contributed by atoms with Crippen molar-refractivity contribution in [3.8, 4) is 11.5 Å². The number of aliphatic hydroxyl groups is 22. The maximum atomic E-state index is 15.5. The Kier molecular flexibility index (Phi) is 31.0. The number of rotatable bonds is 25. The van der Waals surface area contributed by atoms with Gasteiger partial charge >= 0.3 is 11.9 Å². The summed E-state index contributed by atoms with van der Waals surface area (Å²) in [4.78, 5) is 28.6. The standard InChI is InChI=1S/C86H132O43/c1-33-50(94)56(100)62(106)74(116-33)125-67-42(27-88)119-72(64(108)59(67)103)114-30-44-54(98)57(101)63(107)76(122-44)129-80(111)86-22-20-81(3,4)25-37(86)36-12-14-47-82(5)18-17-48(83(6,32-90)46(82)16-19-85(47,8)84(36,7)21-23-86)123-78-70(52(96)39(92)29-113-78)128-77-66(110)69(51(95)34(2)117-77)127-73-61(105)55(99)45(31-115-73)121-75-65(109)60(104)68(43(28-89)120-75)126-79-71(58(102)53(97)41(26-87)118-79)124-49(93)15-11-35-10-13-40(112-9)38(91)24-35/h10-13,15,24,33-34,37,39,41-48,50-79,87-92,94-110H,14,16-23,25-32H2,1-9H3/b15-11+/t33-,34-,37-,39-,41+,42+,43+,44+,45+,46?,47+,48?,50-,51-,52-,53+,54+,55+,56+,57-,58-,59+,60+,61+,62+,63+,64+,65+,66+,67+,68+,69+,70+,71+,72+,73-,74-,75-,76-,77-,78-,79-,82-,83-,84+,85+,86-/m0/s1. The second kappa shape index (κ2) is 39.7. The Morgan fingerprint density at radius 1 is 0.473 bits per heavy atom. The number of aromatic hydroxyl groups is 1. The molecule has 5 aliphatic carbocycles. The summed E-state index contributed by atoms with van der Waals surface area (Å²) in [5, 5.41) is 256. The first-order chi connectivity index (χ1) is 60.9. The van der Waals surface area contributed by atoms with Gasteiger partial charge in [0.25, 0.3) is 0 Å². The Hall–Kier alpha value is -4.24. The molecule has 129 heavy (non-hydrogen) atoms. The van der Waals surface area contributed by atoms with Gasteiger partial charge in [0, 0.05) is 11.5 Å². The van der Waals surface area contributed by atoms with E-state index in [1.807, 2.05) is 6.92 Å². The van der Waals surface area contributed by atoms with Crippen LogP contribution in [0.2, 0.25) is 0 Å². The number of phenolic OH excluding ortho intramolecular Hbond substituents is 1. The highest BCUT2D eigenvalue weighted by molar-refractivity contribution is 5.87. The fourth-order valence-electron chi connectivity index (χ4n) is 22.9. The van der Waals surface area contributed by atoms with Crippen LogP contribution in [-0.4, -0.2) is 422 Å². The van der Waals surface area contributed by atoms with Crippen LogP contribution >= 0.6 is 0 Å². The molecule has 4 saturated carbocycles. The first kappa shape index (κ1) is 101. The summed E-state index contributed by atoms with van der Waals surface area (Å²) >= 11 is 0. The van der Waals surface area contributed by atoms with Crippen molar-refractivity contribution in [2.24, 2.45) is 50.2 Å². The topological polar surface area (TPSA) is 666 Å². The lowest BCUT2D eigenvalue weighted by Gasteiger charge is -2.71. The molecule has 0 bridgehead atoms. The lowest BCUT2D eigenvalue weighted by Crippen LogP contribution is -2.67. The molecule has 23 N–H and O–H groups in total. The lowest BCUT2D eigenvalue weighted by molar-refractivity contribution is -0.386. The van der Waals surface area contributed by atoms with Crippen LogP contribution in [0.1, 0.15) is 125 Å². The van der Waals surface area contributed by atoms with Gasteiger partial charge in [-0.25, -0.2) is 4.79 Å². The van der Waals surface area contributed by atoms with Gasteiger partial charge < -0.3 is 203 Å². The molecule has 0 amide bonds. The lowest BCUT2D eigenvalue weighted by atomic mass is 9.33. The van der Waals surface area contributed by atoms with Crippen molar-refractivity contribution in [3.05, 3.63) is 41.5 Å². The molecule has 8 saturated heterocycles. The van der Waals surface area contributed by atoms with Crippen molar-refractivity contribution in [2.45, 2.75) is 359 Å². The first-order valence-electron chi connectivity index (χ1n) is 44.4. The predicted octanol–water partition coefficient (Wildman–Crippen LogP) is -6.45. The number of benzene rings is 1. The number of phenols is 1. The minimum Gasteiger partial charge on any atom is -0.504 e. The molecule has 14 rings (SSSR count). The Morgan fingerprint density at radius 2 is 1.02 bits per heavy atom. The van der Waals surface area contributed by atoms with E-state index in [1.165, 1.54) is 45.2 Å². The van der Waals surface area contributed by atoms with Crippen LogP contribution in [0.5, 0.6) is 11.5 Å². The summed E-state index contributed by atoms with van der Waals surface area (Å²) in [6.45, 7) is 11.0. The minimum atomic E-state index is -2.12. The van der Waals surface area contributed by atoms with Crippen LogP contribution < -0.4 is 4.74 Å². The van der Waals surface area contributed by atoms with Crippen LogP contribution in [-0.2, 0) is 90.1 Å². The van der Waals surface area contributed by atoms with Crippen molar-refractivity contribution in [3.63, 3.8) is 0 Å². The van der Waals surface area contributed by atoms with Gasteiger partial charge in [-0.05, 0) is 141 Å². The molecule has 1 aromatic carbocycles. The third kappa shape index (κ3) is 18.8. The van der Waals surface area contributed by atoms with E-state index in [2.05, 4.69) is 40.7 Å². The van der Waals surface area contributed by atoms with Gasteiger partial charge in [-0.1, -0.05) is 59.3 Å². The number of allylic oxidation sites excluding steroid dienone is 2. The number of carbonyl (C=O) groups excluding carboxylic acids is 2. The van der Waals surface area contributed by atoms with Crippen molar-refractivity contribution >= 4 is 18.0 Å². The van der Waals surface area contributed by atoms with Gasteiger partial charge in [0.15, 0.2) is 61.6 Å². The molecule has 2 unspecified atom stereocenters. The molecule has 8 heterocycles. The number of hydrogen-bond donors (Lipinski definition) is 23. The van der Waals surface area contributed by atoms with Gasteiger partial charge in [0.2, 0.25) is 6.29 Å². The van der Waals surface area contributed by atoms with E-state index in [1.54, 1.807) is 0 Å². The van der Waals surface area contributed by atoms with Gasteiger partial charge in [-0.3, -0.25) is 4.79 Å². The molecule has 0 spiro atoms. The fraction of sp³-hybridized carbons (Fsp3) is 0.860. The highest BCUT2D eigenvalue weighted by Crippen LogP contribution is 2.76. The van der Waals surface area contributed by atoms with Crippen LogP contribution in [0.25, 0.3) is 6.08 Å². The van der Waals surface area contributed by atoms with Crippen LogP contribution in [0, 0.1) is 50.2 Å². The average Bonchev–Trinajstić information content (AvgIpc) is 0.672. The summed E-state index contributed by atoms with van der Waals surface area (Å²) in [7, 11) is 1.34. The molecule has 43 nitrogen and oxygen atoms in total. The Labute approximate surface area is 743 Å². The molecule has 13 aliphatic rings. The molecule has 43 heteroatoms. The summed E-state index contributed by atoms with van der Waals surface area (Å²) in [6.07, 6.45) is -58.1. The second-order valence-electron chi connectivity index (χ2n) is 39.1. The third-order valence-electron chi connectivity index (χ3n) is 31.0.